The Morgan fingerprint density at radius 3 is 2.50 bits per heavy atom. The third kappa shape index (κ3) is 4.94. The highest BCUT2D eigenvalue weighted by atomic mass is 35.5. The molecule has 0 saturated heterocycles. The maximum absolute atomic E-state index is 12.6. The molecular formula is C20H18ClN3O3S. The number of benzene rings is 2. The molecule has 1 N–H and O–H groups in total. The predicted octanol–water partition coefficient (Wildman–Crippen LogP) is 5.07. The summed E-state index contributed by atoms with van der Waals surface area (Å²) in [6.07, 6.45) is 1.79. The number of amides is 1. The van der Waals surface area contributed by atoms with Gasteiger partial charge in [0.2, 0.25) is 0 Å². The molecule has 0 radical (unpaired) electrons. The SMILES string of the molecule is CCCCOC(=O)c1ccc(NC(=O)c2snnc2-c2ccc(Cl)cc2)cc1. The summed E-state index contributed by atoms with van der Waals surface area (Å²) < 4.78 is 9.06. The van der Waals surface area contributed by atoms with Crippen LogP contribution >= 0.6 is 23.1 Å². The van der Waals surface area contributed by atoms with E-state index in [1.165, 1.54) is 0 Å². The van der Waals surface area contributed by atoms with Gasteiger partial charge in [0.25, 0.3) is 5.91 Å². The molecule has 0 aliphatic rings. The minimum Gasteiger partial charge on any atom is -0.462 e. The number of hydrogen-bond donors (Lipinski definition) is 1. The maximum atomic E-state index is 12.6. The van der Waals surface area contributed by atoms with Crippen molar-refractivity contribution in [1.82, 2.24) is 9.59 Å². The molecule has 8 heteroatoms. The molecule has 0 bridgehead atoms. The van der Waals surface area contributed by atoms with E-state index >= 15 is 0 Å². The first-order valence-electron chi connectivity index (χ1n) is 8.75. The van der Waals surface area contributed by atoms with Crippen molar-refractivity contribution in [3.63, 3.8) is 0 Å². The number of carbonyl (C=O) groups is 2. The van der Waals surface area contributed by atoms with Crippen molar-refractivity contribution in [3.8, 4) is 11.3 Å². The second kappa shape index (κ2) is 9.43. The number of hydrogen-bond acceptors (Lipinski definition) is 6. The summed E-state index contributed by atoms with van der Waals surface area (Å²) >= 11 is 6.92. The quantitative estimate of drug-likeness (QED) is 0.430. The second-order valence-corrected chi connectivity index (χ2v) is 7.17. The Morgan fingerprint density at radius 1 is 1.11 bits per heavy atom. The van der Waals surface area contributed by atoms with Crippen molar-refractivity contribution in [3.05, 3.63) is 64.0 Å². The minimum atomic E-state index is -0.372. The maximum Gasteiger partial charge on any atom is 0.338 e. The summed E-state index contributed by atoms with van der Waals surface area (Å²) in [7, 11) is 0. The van der Waals surface area contributed by atoms with Crippen molar-refractivity contribution in [2.24, 2.45) is 0 Å². The lowest BCUT2D eigenvalue weighted by atomic mass is 10.1. The van der Waals surface area contributed by atoms with E-state index in [1.54, 1.807) is 48.5 Å². The molecule has 144 valence electrons. The van der Waals surface area contributed by atoms with Crippen LogP contribution in [0.1, 0.15) is 39.8 Å². The van der Waals surface area contributed by atoms with E-state index in [2.05, 4.69) is 14.9 Å². The molecule has 1 aromatic heterocycles. The van der Waals surface area contributed by atoms with Gasteiger partial charge in [0.15, 0.2) is 0 Å². The van der Waals surface area contributed by atoms with Crippen LogP contribution in [-0.2, 0) is 4.74 Å². The molecule has 1 heterocycles. The monoisotopic (exact) mass is 415 g/mol. The normalized spacial score (nSPS) is 10.5. The van der Waals surface area contributed by atoms with E-state index in [1.807, 2.05) is 6.92 Å². The zero-order valence-electron chi connectivity index (χ0n) is 15.1. The van der Waals surface area contributed by atoms with Crippen molar-refractivity contribution in [1.29, 1.82) is 0 Å². The molecule has 0 saturated carbocycles. The number of nitrogens with one attached hydrogen (secondary N) is 1. The first kappa shape index (κ1) is 20.0. The van der Waals surface area contributed by atoms with E-state index in [9.17, 15) is 9.59 Å². The van der Waals surface area contributed by atoms with Gasteiger partial charge in [0, 0.05) is 16.3 Å². The van der Waals surface area contributed by atoms with Crippen LogP contribution < -0.4 is 5.32 Å². The van der Waals surface area contributed by atoms with Crippen LogP contribution in [0.3, 0.4) is 0 Å². The van der Waals surface area contributed by atoms with Gasteiger partial charge >= 0.3 is 5.97 Å². The third-order valence-electron chi connectivity index (χ3n) is 3.92. The zero-order chi connectivity index (χ0) is 19.9. The van der Waals surface area contributed by atoms with E-state index in [0.29, 0.717) is 33.5 Å². The van der Waals surface area contributed by atoms with Crippen LogP contribution in [0.15, 0.2) is 48.5 Å². The molecule has 0 fully saturated rings. The molecule has 0 aliphatic carbocycles. The number of nitrogens with zero attached hydrogens (tertiary/aromatic N) is 2. The molecule has 3 rings (SSSR count). The molecule has 2 aromatic carbocycles. The summed E-state index contributed by atoms with van der Waals surface area (Å²) in [5, 5.41) is 7.46. The predicted molar refractivity (Wildman–Crippen MR) is 110 cm³/mol. The summed E-state index contributed by atoms with van der Waals surface area (Å²) in [5.74, 6) is -0.693. The molecule has 0 spiro atoms. The molecule has 6 nitrogen and oxygen atoms in total. The van der Waals surface area contributed by atoms with Gasteiger partial charge in [-0.05, 0) is 54.4 Å². The van der Waals surface area contributed by atoms with Gasteiger partial charge in [-0.25, -0.2) is 4.79 Å². The van der Waals surface area contributed by atoms with Crippen LogP contribution in [0.5, 0.6) is 0 Å². The first-order chi connectivity index (χ1) is 13.6. The van der Waals surface area contributed by atoms with E-state index in [-0.39, 0.29) is 11.9 Å². The lowest BCUT2D eigenvalue weighted by Crippen LogP contribution is -2.12. The minimum absolute atomic E-state index is 0.321. The molecular weight excluding hydrogens is 398 g/mol. The lowest BCUT2D eigenvalue weighted by molar-refractivity contribution is 0.0499. The van der Waals surface area contributed by atoms with E-state index < -0.39 is 0 Å². The van der Waals surface area contributed by atoms with Gasteiger partial charge in [0.1, 0.15) is 10.6 Å². The molecule has 0 atom stereocenters. The van der Waals surface area contributed by atoms with E-state index in [4.69, 9.17) is 16.3 Å². The molecule has 3 aromatic rings. The molecule has 1 amide bonds. The van der Waals surface area contributed by atoms with Crippen LogP contribution in [0.2, 0.25) is 5.02 Å². The number of rotatable bonds is 7. The van der Waals surface area contributed by atoms with Crippen LogP contribution in [-0.4, -0.2) is 28.1 Å². The lowest BCUT2D eigenvalue weighted by Gasteiger charge is -2.07. The number of unbranched alkanes of at least 4 members (excludes halogenated alkanes) is 1. The van der Waals surface area contributed by atoms with Crippen molar-refractivity contribution < 1.29 is 14.3 Å². The Hall–Kier alpha value is -2.77. The van der Waals surface area contributed by atoms with Crippen LogP contribution in [0, 0.1) is 0 Å². The smallest absolute Gasteiger partial charge is 0.338 e. The average Bonchev–Trinajstić information content (AvgIpc) is 3.19. The molecule has 0 aliphatic heterocycles. The Kier molecular flexibility index (Phi) is 6.73. The molecule has 28 heavy (non-hydrogen) atoms. The van der Waals surface area contributed by atoms with Crippen molar-refractivity contribution in [2.75, 3.05) is 11.9 Å². The highest BCUT2D eigenvalue weighted by Gasteiger charge is 2.18. The van der Waals surface area contributed by atoms with Crippen LogP contribution in [0.4, 0.5) is 5.69 Å². The summed E-state index contributed by atoms with van der Waals surface area (Å²) in [6.45, 7) is 2.43. The zero-order valence-corrected chi connectivity index (χ0v) is 16.7. The number of ether oxygens (including phenoxy) is 1. The Bertz CT molecular complexity index is 956. The third-order valence-corrected chi connectivity index (χ3v) is 4.90. The van der Waals surface area contributed by atoms with Crippen LogP contribution in [0.25, 0.3) is 11.3 Å². The Balaban J connectivity index is 1.68. The van der Waals surface area contributed by atoms with Crippen molar-refractivity contribution >= 4 is 40.7 Å². The van der Waals surface area contributed by atoms with Gasteiger partial charge in [-0.15, -0.1) is 5.10 Å². The first-order valence-corrected chi connectivity index (χ1v) is 9.90. The fraction of sp³-hybridized carbons (Fsp3) is 0.200. The van der Waals surface area contributed by atoms with Gasteiger partial charge in [-0.3, -0.25) is 4.79 Å². The van der Waals surface area contributed by atoms with Crippen molar-refractivity contribution in [2.45, 2.75) is 19.8 Å². The fourth-order valence-electron chi connectivity index (χ4n) is 2.41. The van der Waals surface area contributed by atoms with Gasteiger partial charge in [-0.2, -0.15) is 0 Å². The highest BCUT2D eigenvalue weighted by molar-refractivity contribution is 7.08. The topological polar surface area (TPSA) is 81.2 Å². The number of aromatic nitrogens is 2. The second-order valence-electron chi connectivity index (χ2n) is 5.98. The number of halogens is 1. The number of esters is 1. The summed E-state index contributed by atoms with van der Waals surface area (Å²) in [5.41, 5.74) is 2.25. The standard InChI is InChI=1S/C20H18ClN3O3S/c1-2-3-12-27-20(26)14-6-10-16(11-7-14)22-19(25)18-17(23-24-28-18)13-4-8-15(21)9-5-13/h4-11H,2-3,12H2,1H3,(H,22,25). The Labute approximate surface area is 171 Å². The average molecular weight is 416 g/mol. The molecule has 0 unspecified atom stereocenters. The number of carbonyl (C=O) groups excluding carboxylic acids is 2. The van der Waals surface area contributed by atoms with Gasteiger partial charge in [0.05, 0.1) is 12.2 Å². The number of anilines is 1. The van der Waals surface area contributed by atoms with E-state index in [0.717, 1.165) is 29.9 Å². The summed E-state index contributed by atoms with van der Waals surface area (Å²) in [4.78, 5) is 25.0. The van der Waals surface area contributed by atoms with Gasteiger partial charge in [-0.1, -0.05) is 41.6 Å². The Morgan fingerprint density at radius 2 is 1.82 bits per heavy atom. The summed E-state index contributed by atoms with van der Waals surface area (Å²) in [6, 6.07) is 13.6. The highest BCUT2D eigenvalue weighted by Crippen LogP contribution is 2.26. The van der Waals surface area contributed by atoms with Gasteiger partial charge < -0.3 is 10.1 Å². The fourth-order valence-corrected chi connectivity index (χ4v) is 3.12. The largest absolute Gasteiger partial charge is 0.462 e.